The Kier molecular flexibility index (Phi) is 7.04. The summed E-state index contributed by atoms with van der Waals surface area (Å²) in [4.78, 5) is 0. The van der Waals surface area contributed by atoms with Crippen molar-refractivity contribution >= 4 is 0 Å². The van der Waals surface area contributed by atoms with Crippen molar-refractivity contribution in [3.63, 3.8) is 0 Å². The van der Waals surface area contributed by atoms with Crippen LogP contribution in [0.1, 0.15) is 99.9 Å². The summed E-state index contributed by atoms with van der Waals surface area (Å²) in [6.07, 6.45) is 0. The Hall–Kier alpha value is -5.66. The standard InChI is InChI=1S/C54H48O/c1-51(2,3)35-23-26-41-42-27-24-36(52(4,5)6)32-47(42)54(46(41)31-35)43-18-12-11-17-39(43)40-25-21-33(29-45(40)54)37-15-9-10-16-38(37)34-22-28-50-48(30-34)53(7,8)44-19-13-14-20-49(44)55-50/h9-32H,1-8H3. The fraction of sp³-hybridized carbons (Fsp3) is 0.222. The first-order valence-corrected chi connectivity index (χ1v) is 19.8. The molecular weight excluding hydrogens is 665 g/mol. The van der Waals surface area contributed by atoms with Crippen LogP contribution < -0.4 is 4.74 Å². The van der Waals surface area contributed by atoms with E-state index >= 15 is 0 Å². The Morgan fingerprint density at radius 2 is 0.782 bits per heavy atom. The van der Waals surface area contributed by atoms with E-state index < -0.39 is 5.41 Å². The van der Waals surface area contributed by atoms with E-state index in [0.717, 1.165) is 11.5 Å². The molecule has 0 saturated carbocycles. The highest BCUT2D eigenvalue weighted by Gasteiger charge is 2.52. The molecule has 0 atom stereocenters. The summed E-state index contributed by atoms with van der Waals surface area (Å²) in [5, 5.41) is 0. The van der Waals surface area contributed by atoms with Crippen LogP contribution in [-0.4, -0.2) is 0 Å². The molecule has 7 aromatic carbocycles. The highest BCUT2D eigenvalue weighted by atomic mass is 16.5. The predicted molar refractivity (Wildman–Crippen MR) is 230 cm³/mol. The topological polar surface area (TPSA) is 9.23 Å². The summed E-state index contributed by atoms with van der Waals surface area (Å²) in [6, 6.07) is 55.2. The second-order valence-electron chi connectivity index (χ2n) is 18.6. The zero-order valence-electron chi connectivity index (χ0n) is 33.3. The van der Waals surface area contributed by atoms with Gasteiger partial charge in [-0.25, -0.2) is 0 Å². The SMILES string of the molecule is CC(C)(C)c1ccc2c(c1)C1(c3ccccc3-c3ccc(-c4ccccc4-c4ccc5c(c4)C(C)(C)c4ccccc4O5)cc31)c1cc(C(C)(C)C)ccc1-2. The van der Waals surface area contributed by atoms with Gasteiger partial charge in [0, 0.05) is 16.5 Å². The van der Waals surface area contributed by atoms with Gasteiger partial charge in [-0.05, 0) is 113 Å². The van der Waals surface area contributed by atoms with Crippen molar-refractivity contribution in [1.29, 1.82) is 0 Å². The van der Waals surface area contributed by atoms with Crippen LogP contribution in [0.25, 0.3) is 44.5 Å². The summed E-state index contributed by atoms with van der Waals surface area (Å²) in [5.74, 6) is 1.88. The minimum Gasteiger partial charge on any atom is -0.457 e. The number of para-hydroxylation sites is 1. The Morgan fingerprint density at radius 1 is 0.364 bits per heavy atom. The number of benzene rings is 7. The van der Waals surface area contributed by atoms with Gasteiger partial charge in [-0.15, -0.1) is 0 Å². The summed E-state index contributed by atoms with van der Waals surface area (Å²) in [5.41, 5.74) is 20.3. The van der Waals surface area contributed by atoms with Gasteiger partial charge in [0.1, 0.15) is 11.5 Å². The van der Waals surface area contributed by atoms with Crippen molar-refractivity contribution in [2.75, 3.05) is 0 Å². The number of rotatable bonds is 2. The molecule has 1 heteroatoms. The van der Waals surface area contributed by atoms with Crippen molar-refractivity contribution in [3.8, 4) is 56.0 Å². The highest BCUT2D eigenvalue weighted by molar-refractivity contribution is 5.97. The molecule has 1 aliphatic heterocycles. The number of fused-ring (bicyclic) bond motifs is 12. The second-order valence-corrected chi connectivity index (χ2v) is 18.6. The zero-order valence-corrected chi connectivity index (χ0v) is 33.3. The molecule has 7 aromatic rings. The van der Waals surface area contributed by atoms with Gasteiger partial charge in [-0.2, -0.15) is 0 Å². The van der Waals surface area contributed by atoms with Gasteiger partial charge < -0.3 is 4.74 Å². The third-order valence-electron chi connectivity index (χ3n) is 12.9. The van der Waals surface area contributed by atoms with Crippen LogP contribution in [0.2, 0.25) is 0 Å². The highest BCUT2D eigenvalue weighted by Crippen LogP contribution is 2.64. The second kappa shape index (κ2) is 11.4. The van der Waals surface area contributed by atoms with Crippen LogP contribution in [0.3, 0.4) is 0 Å². The first kappa shape index (κ1) is 33.9. The molecule has 0 radical (unpaired) electrons. The summed E-state index contributed by atoms with van der Waals surface area (Å²) in [6.45, 7) is 18.6. The maximum Gasteiger partial charge on any atom is 0.131 e. The number of ether oxygens (including phenoxy) is 1. The molecule has 0 fully saturated rings. The van der Waals surface area contributed by atoms with Crippen LogP contribution in [0, 0.1) is 0 Å². The Balaban J connectivity index is 1.21. The molecule has 10 rings (SSSR count). The predicted octanol–water partition coefficient (Wildman–Crippen LogP) is 14.4. The van der Waals surface area contributed by atoms with Gasteiger partial charge in [-0.1, -0.05) is 177 Å². The third-order valence-corrected chi connectivity index (χ3v) is 12.9. The van der Waals surface area contributed by atoms with Crippen LogP contribution in [0.4, 0.5) is 0 Å². The molecule has 3 aliphatic rings. The van der Waals surface area contributed by atoms with Gasteiger partial charge in [-0.3, -0.25) is 0 Å². The summed E-state index contributed by atoms with van der Waals surface area (Å²) >= 11 is 0. The molecule has 55 heavy (non-hydrogen) atoms. The van der Waals surface area contributed by atoms with E-state index in [1.165, 1.54) is 89.0 Å². The average molecular weight is 713 g/mol. The Labute approximate surface area is 326 Å². The van der Waals surface area contributed by atoms with Crippen molar-refractivity contribution in [1.82, 2.24) is 0 Å². The van der Waals surface area contributed by atoms with Gasteiger partial charge in [0.25, 0.3) is 0 Å². The normalized spacial score (nSPS) is 15.3. The quantitative estimate of drug-likeness (QED) is 0.173. The molecule has 1 nitrogen and oxygen atoms in total. The van der Waals surface area contributed by atoms with Gasteiger partial charge in [0.15, 0.2) is 0 Å². The van der Waals surface area contributed by atoms with E-state index in [1.807, 2.05) is 0 Å². The summed E-state index contributed by atoms with van der Waals surface area (Å²) < 4.78 is 6.47. The maximum atomic E-state index is 6.47. The van der Waals surface area contributed by atoms with Crippen LogP contribution >= 0.6 is 0 Å². The lowest BCUT2D eigenvalue weighted by Gasteiger charge is -2.35. The molecule has 2 aliphatic carbocycles. The van der Waals surface area contributed by atoms with Crippen molar-refractivity contribution < 1.29 is 4.74 Å². The van der Waals surface area contributed by atoms with E-state index in [-0.39, 0.29) is 16.2 Å². The lowest BCUT2D eigenvalue weighted by atomic mass is 9.68. The zero-order chi connectivity index (χ0) is 38.1. The minimum atomic E-state index is -0.440. The van der Waals surface area contributed by atoms with E-state index in [1.54, 1.807) is 0 Å². The fourth-order valence-electron chi connectivity index (χ4n) is 9.88. The lowest BCUT2D eigenvalue weighted by molar-refractivity contribution is 0.418. The third kappa shape index (κ3) is 4.78. The Bertz CT molecular complexity index is 2660. The van der Waals surface area contributed by atoms with Gasteiger partial charge in [0.2, 0.25) is 0 Å². The largest absolute Gasteiger partial charge is 0.457 e. The van der Waals surface area contributed by atoms with Crippen molar-refractivity contribution in [2.45, 2.75) is 77.0 Å². The van der Waals surface area contributed by atoms with E-state index in [0.29, 0.717) is 0 Å². The molecule has 0 bridgehead atoms. The molecule has 0 N–H and O–H groups in total. The molecule has 0 unspecified atom stereocenters. The first-order chi connectivity index (χ1) is 26.3. The van der Waals surface area contributed by atoms with Gasteiger partial charge in [0.05, 0.1) is 5.41 Å². The molecule has 270 valence electrons. The molecule has 1 heterocycles. The van der Waals surface area contributed by atoms with E-state index in [2.05, 4.69) is 201 Å². The lowest BCUT2D eigenvalue weighted by Crippen LogP contribution is -2.27. The average Bonchev–Trinajstić information content (AvgIpc) is 3.63. The monoisotopic (exact) mass is 712 g/mol. The van der Waals surface area contributed by atoms with Crippen molar-refractivity contribution in [2.24, 2.45) is 0 Å². The first-order valence-electron chi connectivity index (χ1n) is 19.8. The number of hydrogen-bond donors (Lipinski definition) is 0. The molecule has 1 spiro atoms. The van der Waals surface area contributed by atoms with E-state index in [9.17, 15) is 0 Å². The van der Waals surface area contributed by atoms with E-state index in [4.69, 9.17) is 4.74 Å². The molecule has 0 amide bonds. The van der Waals surface area contributed by atoms with Crippen LogP contribution in [-0.2, 0) is 21.7 Å². The number of hydrogen-bond acceptors (Lipinski definition) is 1. The molecular formula is C54H48O. The molecule has 0 saturated heterocycles. The maximum absolute atomic E-state index is 6.47. The Morgan fingerprint density at radius 3 is 1.36 bits per heavy atom. The molecule has 0 aromatic heterocycles. The van der Waals surface area contributed by atoms with Crippen LogP contribution in [0.5, 0.6) is 11.5 Å². The fourth-order valence-corrected chi connectivity index (χ4v) is 9.88. The van der Waals surface area contributed by atoms with Gasteiger partial charge >= 0.3 is 0 Å². The van der Waals surface area contributed by atoms with Crippen molar-refractivity contribution in [3.05, 3.63) is 190 Å². The van der Waals surface area contributed by atoms with Crippen LogP contribution in [0.15, 0.2) is 146 Å². The smallest absolute Gasteiger partial charge is 0.131 e. The minimum absolute atomic E-state index is 0.0138. The summed E-state index contributed by atoms with van der Waals surface area (Å²) in [7, 11) is 0.